The first-order chi connectivity index (χ1) is 18.3. The van der Waals surface area contributed by atoms with E-state index in [4.69, 9.17) is 0 Å². The highest BCUT2D eigenvalue weighted by atomic mass is 127. The van der Waals surface area contributed by atoms with Crippen molar-refractivity contribution >= 4 is 58.5 Å². The molecule has 2 aromatic carbocycles. The second kappa shape index (κ2) is 10.7. The number of hydrogen-bond acceptors (Lipinski definition) is 4. The summed E-state index contributed by atoms with van der Waals surface area (Å²) in [7, 11) is 5.42. The lowest BCUT2D eigenvalue weighted by atomic mass is 10.00. The summed E-state index contributed by atoms with van der Waals surface area (Å²) in [5.74, 6) is 0.324. The van der Waals surface area contributed by atoms with Gasteiger partial charge in [-0.05, 0) is 35.4 Å². The van der Waals surface area contributed by atoms with E-state index in [1.54, 1.807) is 44.2 Å². The molecule has 0 fully saturated rings. The van der Waals surface area contributed by atoms with E-state index < -0.39 is 0 Å². The van der Waals surface area contributed by atoms with Gasteiger partial charge in [0.05, 0.1) is 5.52 Å². The first kappa shape index (κ1) is 27.3. The number of rotatable bonds is 4. The highest BCUT2D eigenvalue weighted by Crippen LogP contribution is 2.44. The van der Waals surface area contributed by atoms with Crippen molar-refractivity contribution in [2.75, 3.05) is 27.7 Å². The Kier molecular flexibility index (Phi) is 7.47. The molecule has 4 aromatic rings. The van der Waals surface area contributed by atoms with Gasteiger partial charge >= 0.3 is 6.03 Å². The van der Waals surface area contributed by atoms with Crippen LogP contribution < -0.4 is 0 Å². The molecule has 0 bridgehead atoms. The van der Waals surface area contributed by atoms with Gasteiger partial charge < -0.3 is 14.4 Å². The molecule has 9 heteroatoms. The van der Waals surface area contributed by atoms with Crippen LogP contribution in [0.3, 0.4) is 0 Å². The third kappa shape index (κ3) is 4.82. The van der Waals surface area contributed by atoms with E-state index >= 15 is 0 Å². The Morgan fingerprint density at radius 2 is 1.77 bits per heavy atom. The van der Waals surface area contributed by atoms with Gasteiger partial charge in [-0.2, -0.15) is 0 Å². The van der Waals surface area contributed by atoms with Gasteiger partial charge in [-0.3, -0.25) is 9.36 Å². The standard InChI is InChI=1S/C30H27FN4O2S.HI/c1-32(2)30(37)35-17-25(23-11-8-20(15-26(23)35)19-6-9-22(31)10-7-19)28(36)24-12-14-34-27(24)18-38-29(34)21-5-4-13-33(3)16-21;/h4-12,14-17,29H,13,18H2,1-3H3;1H/t29-;/m1./s1. The van der Waals surface area contributed by atoms with Crippen LogP contribution in [0.1, 0.15) is 27.0 Å². The number of halogens is 2. The number of hydrogen-bond donors (Lipinski definition) is 0. The van der Waals surface area contributed by atoms with Crippen molar-refractivity contribution < 1.29 is 14.0 Å². The summed E-state index contributed by atoms with van der Waals surface area (Å²) in [6.07, 6.45) is 10.1. The zero-order chi connectivity index (χ0) is 26.6. The summed E-state index contributed by atoms with van der Waals surface area (Å²) in [4.78, 5) is 30.7. The van der Waals surface area contributed by atoms with Crippen molar-refractivity contribution in [3.05, 3.63) is 107 Å². The quantitative estimate of drug-likeness (QED) is 0.180. The Morgan fingerprint density at radius 1 is 1.03 bits per heavy atom. The van der Waals surface area contributed by atoms with Gasteiger partial charge in [-0.25, -0.2) is 9.18 Å². The second-order valence-electron chi connectivity index (χ2n) is 9.88. The second-order valence-corrected chi connectivity index (χ2v) is 10.9. The first-order valence-corrected chi connectivity index (χ1v) is 13.4. The van der Waals surface area contributed by atoms with Crippen LogP contribution in [0, 0.1) is 5.82 Å². The van der Waals surface area contributed by atoms with Crippen molar-refractivity contribution in [1.29, 1.82) is 0 Å². The summed E-state index contributed by atoms with van der Waals surface area (Å²) >= 11 is 1.80. The topological polar surface area (TPSA) is 50.5 Å². The third-order valence-electron chi connectivity index (χ3n) is 7.07. The smallest absolute Gasteiger partial charge is 0.328 e. The molecule has 0 saturated carbocycles. The number of nitrogens with zero attached hydrogens (tertiary/aromatic N) is 4. The van der Waals surface area contributed by atoms with Gasteiger partial charge in [0.15, 0.2) is 5.78 Å². The molecule has 0 radical (unpaired) electrons. The van der Waals surface area contributed by atoms with E-state index in [2.05, 4.69) is 34.9 Å². The zero-order valence-corrected chi connectivity index (χ0v) is 24.9. The summed E-state index contributed by atoms with van der Waals surface area (Å²) in [6, 6.07) is 13.5. The number of thioether (sulfide) groups is 1. The number of allylic oxidation sites excluding steroid dienone is 1. The Hall–Kier alpha value is -3.31. The van der Waals surface area contributed by atoms with E-state index in [0.717, 1.165) is 29.1 Å². The van der Waals surface area contributed by atoms with E-state index in [0.29, 0.717) is 22.0 Å². The van der Waals surface area contributed by atoms with E-state index in [1.165, 1.54) is 27.2 Å². The van der Waals surface area contributed by atoms with Crippen LogP contribution in [0.2, 0.25) is 0 Å². The lowest BCUT2D eigenvalue weighted by Crippen LogP contribution is -2.26. The average Bonchev–Trinajstić information content (AvgIpc) is 3.61. The maximum atomic E-state index is 14.0. The van der Waals surface area contributed by atoms with Gasteiger partial charge in [-0.15, -0.1) is 35.7 Å². The fourth-order valence-corrected chi connectivity index (χ4v) is 6.46. The number of carbonyl (C=O) groups is 2. The highest BCUT2D eigenvalue weighted by molar-refractivity contribution is 14.0. The lowest BCUT2D eigenvalue weighted by molar-refractivity contribution is 0.103. The average molecular weight is 655 g/mol. The van der Waals surface area contributed by atoms with Crippen molar-refractivity contribution in [3.63, 3.8) is 0 Å². The lowest BCUT2D eigenvalue weighted by Gasteiger charge is -2.22. The van der Waals surface area contributed by atoms with Gasteiger partial charge in [-0.1, -0.05) is 36.4 Å². The fraction of sp³-hybridized carbons (Fsp3) is 0.200. The van der Waals surface area contributed by atoms with Crippen LogP contribution in [0.5, 0.6) is 0 Å². The molecular weight excluding hydrogens is 626 g/mol. The minimum Gasteiger partial charge on any atom is -0.376 e. The van der Waals surface area contributed by atoms with Crippen molar-refractivity contribution in [2.24, 2.45) is 0 Å². The molecule has 0 aliphatic carbocycles. The molecule has 0 spiro atoms. The molecule has 1 amide bonds. The molecule has 2 aliphatic heterocycles. The predicted octanol–water partition coefficient (Wildman–Crippen LogP) is 6.76. The SMILES string of the molecule is CN1C=C([C@H]2SCc3c(C(=O)c4cn(C(=O)N(C)C)c5cc(-c6ccc(F)cc6)ccc45)ccn32)C=CC1.I. The number of carbonyl (C=O) groups excluding carboxylic acids is 2. The number of amides is 1. The van der Waals surface area contributed by atoms with Crippen LogP contribution in [-0.2, 0) is 5.75 Å². The number of benzene rings is 2. The number of likely N-dealkylation sites (N-methyl/N-ethyl adjacent to an activating group) is 1. The molecule has 1 atom stereocenters. The number of ketones is 1. The maximum absolute atomic E-state index is 14.0. The van der Waals surface area contributed by atoms with E-state index in [1.807, 2.05) is 30.5 Å². The van der Waals surface area contributed by atoms with Gasteiger partial charge in [0.25, 0.3) is 0 Å². The van der Waals surface area contributed by atoms with E-state index in [9.17, 15) is 14.0 Å². The fourth-order valence-electron chi connectivity index (χ4n) is 5.15. The molecule has 6 rings (SSSR count). The van der Waals surface area contributed by atoms with Crippen LogP contribution in [0.4, 0.5) is 9.18 Å². The molecule has 0 saturated heterocycles. The third-order valence-corrected chi connectivity index (χ3v) is 8.33. The van der Waals surface area contributed by atoms with Crippen LogP contribution >= 0.6 is 35.7 Å². The summed E-state index contributed by atoms with van der Waals surface area (Å²) in [5.41, 5.74) is 5.65. The minimum absolute atomic E-state index is 0. The monoisotopic (exact) mass is 654 g/mol. The van der Waals surface area contributed by atoms with Crippen molar-refractivity contribution in [3.8, 4) is 11.1 Å². The first-order valence-electron chi connectivity index (χ1n) is 12.4. The van der Waals surface area contributed by atoms with Crippen LogP contribution in [0.25, 0.3) is 22.0 Å². The van der Waals surface area contributed by atoms with Gasteiger partial charge in [0.2, 0.25) is 0 Å². The molecule has 0 unspecified atom stereocenters. The van der Waals surface area contributed by atoms with E-state index in [-0.39, 0.29) is 47.0 Å². The zero-order valence-electron chi connectivity index (χ0n) is 21.8. The summed E-state index contributed by atoms with van der Waals surface area (Å²) in [6.45, 7) is 0.891. The Bertz CT molecular complexity index is 1650. The summed E-state index contributed by atoms with van der Waals surface area (Å²) < 4.78 is 17.2. The molecule has 0 N–H and O–H groups in total. The molecule has 6 nitrogen and oxygen atoms in total. The molecule has 200 valence electrons. The highest BCUT2D eigenvalue weighted by Gasteiger charge is 2.31. The van der Waals surface area contributed by atoms with Crippen LogP contribution in [-0.4, -0.2) is 58.4 Å². The Labute approximate surface area is 247 Å². The van der Waals surface area contributed by atoms with Gasteiger partial charge in [0.1, 0.15) is 11.2 Å². The normalized spacial score (nSPS) is 16.2. The Morgan fingerprint density at radius 3 is 2.49 bits per heavy atom. The molecular formula is C30H28FIN4O2S. The van der Waals surface area contributed by atoms with Gasteiger partial charge in [0, 0.05) is 79.8 Å². The van der Waals surface area contributed by atoms with Crippen LogP contribution in [0.15, 0.2) is 84.8 Å². The maximum Gasteiger partial charge on any atom is 0.328 e. The van der Waals surface area contributed by atoms with Crippen molar-refractivity contribution in [1.82, 2.24) is 18.9 Å². The number of fused-ring (bicyclic) bond motifs is 2. The predicted molar refractivity (Wildman–Crippen MR) is 165 cm³/mol. The molecule has 2 aliphatic rings. The number of aromatic nitrogens is 2. The molecule has 4 heterocycles. The molecule has 39 heavy (non-hydrogen) atoms. The van der Waals surface area contributed by atoms with Crippen molar-refractivity contribution in [2.45, 2.75) is 11.1 Å². The largest absolute Gasteiger partial charge is 0.376 e. The Balaban J connectivity index is 0.00000308. The summed E-state index contributed by atoms with van der Waals surface area (Å²) in [5, 5.41) is 0.832. The minimum atomic E-state index is -0.308. The molecule has 2 aromatic heterocycles.